The third-order valence-electron chi connectivity index (χ3n) is 3.88. The number of hydrogen-bond acceptors (Lipinski definition) is 4. The van der Waals surface area contributed by atoms with Crippen molar-refractivity contribution in [2.45, 2.75) is 13.3 Å². The van der Waals surface area contributed by atoms with Crippen LogP contribution in [-0.2, 0) is 4.79 Å². The lowest BCUT2D eigenvalue weighted by Gasteiger charge is -2.23. The number of nitrogens with zero attached hydrogens (tertiary/aromatic N) is 5. The lowest BCUT2D eigenvalue weighted by Crippen LogP contribution is -2.34. The lowest BCUT2D eigenvalue weighted by molar-refractivity contribution is -0.114. The minimum absolute atomic E-state index is 0.0887. The predicted molar refractivity (Wildman–Crippen MR) is 100 cm³/mol. The van der Waals surface area contributed by atoms with Gasteiger partial charge in [0.2, 0.25) is 0 Å². The number of benzene rings is 1. The first-order valence-corrected chi connectivity index (χ1v) is 8.12. The van der Waals surface area contributed by atoms with Crippen LogP contribution in [0.3, 0.4) is 0 Å². The summed E-state index contributed by atoms with van der Waals surface area (Å²) in [6, 6.07) is 7.98. The van der Waals surface area contributed by atoms with E-state index in [0.29, 0.717) is 12.1 Å². The van der Waals surface area contributed by atoms with Crippen LogP contribution in [0.1, 0.15) is 13.3 Å². The molecule has 1 aliphatic carbocycles. The summed E-state index contributed by atoms with van der Waals surface area (Å²) in [5, 5.41) is 12.8. The molecule has 2 aromatic rings. The van der Waals surface area contributed by atoms with E-state index >= 15 is 0 Å². The molecule has 1 aliphatic rings. The highest BCUT2D eigenvalue weighted by molar-refractivity contribution is 5.99. The molecule has 0 amide bonds. The lowest BCUT2D eigenvalue weighted by atomic mass is 10.0. The molecular formula is C19H22N5O+. The van der Waals surface area contributed by atoms with Gasteiger partial charge in [0, 0.05) is 18.6 Å². The van der Waals surface area contributed by atoms with Crippen molar-refractivity contribution in [3.8, 4) is 0 Å². The molecule has 0 saturated carbocycles. The third-order valence-corrected chi connectivity index (χ3v) is 3.88. The van der Waals surface area contributed by atoms with Crippen LogP contribution in [0, 0.1) is 0 Å². The third kappa shape index (κ3) is 4.16. The molecule has 0 bridgehead atoms. The molecule has 1 aromatic carbocycles. The molecule has 0 spiro atoms. The number of carbonyl (C=O) groups excluding carboxylic acids is 1. The Balaban J connectivity index is 1.80. The van der Waals surface area contributed by atoms with Gasteiger partial charge in [-0.25, -0.2) is 4.68 Å². The van der Waals surface area contributed by atoms with Gasteiger partial charge in [-0.05, 0) is 25.1 Å². The second kappa shape index (κ2) is 6.57. The van der Waals surface area contributed by atoms with Crippen LogP contribution in [0.2, 0.25) is 0 Å². The molecule has 0 radical (unpaired) electrons. The molecule has 128 valence electrons. The molecule has 0 unspecified atom stereocenters. The van der Waals surface area contributed by atoms with Crippen molar-refractivity contribution in [2.24, 2.45) is 10.2 Å². The van der Waals surface area contributed by atoms with Crippen molar-refractivity contribution in [2.75, 3.05) is 21.1 Å². The molecule has 0 aliphatic heterocycles. The van der Waals surface area contributed by atoms with E-state index in [1.54, 1.807) is 23.2 Å². The number of allylic oxidation sites excluding steroid dienone is 4. The van der Waals surface area contributed by atoms with E-state index in [9.17, 15) is 4.79 Å². The molecule has 1 heterocycles. The van der Waals surface area contributed by atoms with Crippen LogP contribution in [0.5, 0.6) is 0 Å². The highest BCUT2D eigenvalue weighted by atomic mass is 16.1. The Morgan fingerprint density at radius 1 is 1.12 bits per heavy atom. The number of rotatable bonds is 4. The summed E-state index contributed by atoms with van der Waals surface area (Å²) >= 11 is 0. The van der Waals surface area contributed by atoms with Crippen LogP contribution in [0.4, 0.5) is 17.1 Å². The van der Waals surface area contributed by atoms with Crippen LogP contribution in [0.15, 0.2) is 64.6 Å². The highest BCUT2D eigenvalue weighted by Gasteiger charge is 2.13. The summed E-state index contributed by atoms with van der Waals surface area (Å²) in [6.45, 7) is 1.94. The summed E-state index contributed by atoms with van der Waals surface area (Å²) < 4.78 is 2.37. The van der Waals surface area contributed by atoms with Crippen LogP contribution < -0.4 is 4.48 Å². The number of quaternary nitrogens is 1. The topological polar surface area (TPSA) is 59.6 Å². The van der Waals surface area contributed by atoms with Gasteiger partial charge in [0.05, 0.1) is 44.9 Å². The summed E-state index contributed by atoms with van der Waals surface area (Å²) in [6.07, 6.45) is 7.43. The Morgan fingerprint density at radius 2 is 1.88 bits per heavy atom. The van der Waals surface area contributed by atoms with Gasteiger partial charge in [0.1, 0.15) is 11.4 Å². The summed E-state index contributed by atoms with van der Waals surface area (Å²) in [4.78, 5) is 11.7. The minimum Gasteiger partial charge on any atom is -0.298 e. The molecule has 6 nitrogen and oxygen atoms in total. The fraction of sp³-hybridized carbons (Fsp3) is 0.263. The molecule has 6 heteroatoms. The number of carbonyl (C=O) groups is 1. The van der Waals surface area contributed by atoms with Crippen molar-refractivity contribution < 1.29 is 4.79 Å². The minimum atomic E-state index is 0.0887. The second-order valence-corrected chi connectivity index (χ2v) is 7.08. The molecule has 0 N–H and O–H groups in total. The zero-order chi connectivity index (χ0) is 18.0. The smallest absolute Gasteiger partial charge is 0.161 e. The number of aromatic nitrogens is 2. The van der Waals surface area contributed by atoms with Crippen molar-refractivity contribution in [1.82, 2.24) is 14.3 Å². The molecule has 1 aromatic heterocycles. The molecular weight excluding hydrogens is 314 g/mol. The molecule has 0 saturated heterocycles. The van der Waals surface area contributed by atoms with Crippen LogP contribution in [-0.4, -0.2) is 36.7 Å². The summed E-state index contributed by atoms with van der Waals surface area (Å²) in [7, 11) is 6.32. The van der Waals surface area contributed by atoms with Crippen molar-refractivity contribution in [3.63, 3.8) is 0 Å². The number of azo groups is 1. The SMILES string of the molecule is CC1=CC(n2cc(N=Nc3cccc([N+](C)(C)C)c3)cn2)=CC(=O)C1. The zero-order valence-electron chi connectivity index (χ0n) is 15.0. The van der Waals surface area contributed by atoms with E-state index in [1.165, 1.54) is 0 Å². The number of hydrogen-bond donors (Lipinski definition) is 0. The van der Waals surface area contributed by atoms with Gasteiger partial charge < -0.3 is 0 Å². The molecule has 0 atom stereocenters. The average Bonchev–Trinajstić information content (AvgIpc) is 3.00. The first-order valence-electron chi connectivity index (χ1n) is 8.12. The fourth-order valence-corrected chi connectivity index (χ4v) is 2.56. The van der Waals surface area contributed by atoms with Gasteiger partial charge in [-0.1, -0.05) is 11.6 Å². The van der Waals surface area contributed by atoms with Crippen LogP contribution in [0.25, 0.3) is 5.70 Å². The maximum atomic E-state index is 11.7. The Hall–Kier alpha value is -2.86. The zero-order valence-corrected chi connectivity index (χ0v) is 15.0. The quantitative estimate of drug-likeness (QED) is 0.619. The number of ketones is 1. The second-order valence-electron chi connectivity index (χ2n) is 7.08. The van der Waals surface area contributed by atoms with Crippen molar-refractivity contribution in [1.29, 1.82) is 0 Å². The average molecular weight is 336 g/mol. The maximum Gasteiger partial charge on any atom is 0.161 e. The van der Waals surface area contributed by atoms with E-state index in [0.717, 1.165) is 27.1 Å². The molecule has 25 heavy (non-hydrogen) atoms. The summed E-state index contributed by atoms with van der Waals surface area (Å²) in [5.74, 6) is 0.0887. The largest absolute Gasteiger partial charge is 0.298 e. The first-order chi connectivity index (χ1) is 11.8. The Bertz CT molecular complexity index is 897. The predicted octanol–water partition coefficient (Wildman–Crippen LogP) is 4.26. The molecule has 0 fully saturated rings. The van der Waals surface area contributed by atoms with Crippen molar-refractivity contribution in [3.05, 3.63) is 54.4 Å². The Labute approximate surface area is 147 Å². The normalized spacial score (nSPS) is 15.4. The van der Waals surface area contributed by atoms with E-state index in [-0.39, 0.29) is 5.78 Å². The van der Waals surface area contributed by atoms with E-state index in [4.69, 9.17) is 0 Å². The van der Waals surface area contributed by atoms with Gasteiger partial charge in [0.15, 0.2) is 5.78 Å². The Morgan fingerprint density at radius 3 is 2.60 bits per heavy atom. The van der Waals surface area contributed by atoms with Gasteiger partial charge >= 0.3 is 0 Å². The first kappa shape index (κ1) is 17.0. The van der Waals surface area contributed by atoms with E-state index in [2.05, 4.69) is 42.5 Å². The maximum absolute atomic E-state index is 11.7. The van der Waals surface area contributed by atoms with Gasteiger partial charge in [-0.15, -0.1) is 5.11 Å². The van der Waals surface area contributed by atoms with Crippen molar-refractivity contribution >= 4 is 28.5 Å². The van der Waals surface area contributed by atoms with Gasteiger partial charge in [-0.2, -0.15) is 10.2 Å². The van der Waals surface area contributed by atoms with E-state index in [1.807, 2.05) is 31.2 Å². The molecule has 3 rings (SSSR count). The monoisotopic (exact) mass is 336 g/mol. The van der Waals surface area contributed by atoms with Gasteiger partial charge in [0.25, 0.3) is 0 Å². The highest BCUT2D eigenvalue weighted by Crippen LogP contribution is 2.25. The van der Waals surface area contributed by atoms with Crippen LogP contribution >= 0.6 is 0 Å². The standard InChI is InChI=1S/C19H22N5O/c1-14-8-17(11-19(25)9-14)23-13-16(12-20-23)22-21-15-6-5-7-18(10-15)24(2,3)4/h5-8,10-13H,9H2,1-4H3/q+1. The summed E-state index contributed by atoms with van der Waals surface area (Å²) in [5.41, 5.74) is 4.36. The van der Waals surface area contributed by atoms with E-state index < -0.39 is 0 Å². The van der Waals surface area contributed by atoms with Gasteiger partial charge in [-0.3, -0.25) is 9.28 Å². The fourth-order valence-electron chi connectivity index (χ4n) is 2.56. The Kier molecular flexibility index (Phi) is 4.46.